The van der Waals surface area contributed by atoms with E-state index in [0.29, 0.717) is 21.4 Å². The number of halogens is 1. The molecule has 1 aromatic rings. The number of benzene rings is 2. The third-order valence-electron chi connectivity index (χ3n) is 3.18. The van der Waals surface area contributed by atoms with Crippen LogP contribution in [0.5, 0.6) is 0 Å². The lowest BCUT2D eigenvalue weighted by Gasteiger charge is -2.12. The van der Waals surface area contributed by atoms with Crippen molar-refractivity contribution in [2.75, 3.05) is 0 Å². The van der Waals surface area contributed by atoms with Crippen LogP contribution in [0.4, 0.5) is 0 Å². The second-order valence-corrected chi connectivity index (χ2v) is 5.05. The first-order valence-corrected chi connectivity index (χ1v) is 6.37. The molecule has 0 aromatic heterocycles. The highest BCUT2D eigenvalue weighted by atomic mass is 79.9. The predicted molar refractivity (Wildman–Crippen MR) is 74.1 cm³/mol. The maximum absolute atomic E-state index is 12.0. The van der Waals surface area contributed by atoms with Crippen molar-refractivity contribution >= 4 is 27.0 Å². The fraction of sp³-hybridized carbons (Fsp3) is 0.143. The molecule has 4 heteroatoms. The molecule has 0 amide bonds. The molecule has 0 spiro atoms. The van der Waals surface area contributed by atoms with Crippen LogP contribution in [0.25, 0.3) is 22.6 Å². The van der Waals surface area contributed by atoms with Crippen LogP contribution in [0.1, 0.15) is 11.1 Å². The molecule has 1 aromatic carbocycles. The first kappa shape index (κ1) is 11.4. The lowest BCUT2D eigenvalue weighted by molar-refractivity contribution is 0.608. The lowest BCUT2D eigenvalue weighted by atomic mass is 10.0. The summed E-state index contributed by atoms with van der Waals surface area (Å²) in [4.78, 5) is 16.6. The summed E-state index contributed by atoms with van der Waals surface area (Å²) in [6, 6.07) is 7.53. The molecule has 3 nitrogen and oxygen atoms in total. The zero-order valence-electron chi connectivity index (χ0n) is 9.95. The van der Waals surface area contributed by atoms with Crippen molar-refractivity contribution in [3.05, 3.63) is 50.1 Å². The summed E-state index contributed by atoms with van der Waals surface area (Å²) in [5.74, 6) is 0.516. The average Bonchev–Trinajstić information content (AvgIpc) is 2.41. The number of para-hydroxylation sites is 2. The van der Waals surface area contributed by atoms with Crippen molar-refractivity contribution in [1.29, 1.82) is 0 Å². The smallest absolute Gasteiger partial charge is 0.199 e. The van der Waals surface area contributed by atoms with E-state index in [9.17, 15) is 4.79 Å². The van der Waals surface area contributed by atoms with E-state index in [1.165, 1.54) is 0 Å². The monoisotopic (exact) mass is 303 g/mol. The van der Waals surface area contributed by atoms with Crippen molar-refractivity contribution < 1.29 is 4.42 Å². The molecule has 0 radical (unpaired) electrons. The Morgan fingerprint density at radius 3 is 2.67 bits per heavy atom. The molecule has 1 aliphatic carbocycles. The highest BCUT2D eigenvalue weighted by molar-refractivity contribution is 9.10. The van der Waals surface area contributed by atoms with Gasteiger partial charge in [-0.3, -0.25) is 4.79 Å². The quantitative estimate of drug-likeness (QED) is 0.595. The molecule has 18 heavy (non-hydrogen) atoms. The maximum Gasteiger partial charge on any atom is 0.199 e. The van der Waals surface area contributed by atoms with Crippen LogP contribution in [0, 0.1) is 13.8 Å². The van der Waals surface area contributed by atoms with Crippen molar-refractivity contribution in [2.45, 2.75) is 13.8 Å². The van der Waals surface area contributed by atoms with Crippen LogP contribution in [0.3, 0.4) is 0 Å². The zero-order chi connectivity index (χ0) is 12.9. The van der Waals surface area contributed by atoms with Gasteiger partial charge in [-0.2, -0.15) is 0 Å². The second kappa shape index (κ2) is 3.92. The van der Waals surface area contributed by atoms with E-state index < -0.39 is 0 Å². The van der Waals surface area contributed by atoms with E-state index in [0.717, 1.165) is 16.8 Å². The molecule has 0 fully saturated rings. The van der Waals surface area contributed by atoms with Crippen molar-refractivity contribution in [3.63, 3.8) is 0 Å². The van der Waals surface area contributed by atoms with Crippen LogP contribution >= 0.6 is 15.9 Å². The molecule has 0 saturated heterocycles. The Kier molecular flexibility index (Phi) is 2.48. The summed E-state index contributed by atoms with van der Waals surface area (Å²) in [6.07, 6.45) is 0. The Balaban J connectivity index is 2.58. The number of fused-ring (bicyclic) bond motifs is 2. The summed E-state index contributed by atoms with van der Waals surface area (Å²) in [7, 11) is 0. The number of nitrogens with zero attached hydrogens (tertiary/aromatic N) is 1. The Morgan fingerprint density at radius 2 is 1.89 bits per heavy atom. The summed E-state index contributed by atoms with van der Waals surface area (Å²) in [6.45, 7) is 3.70. The first-order chi connectivity index (χ1) is 8.59. The topological polar surface area (TPSA) is 43.1 Å². The van der Waals surface area contributed by atoms with Gasteiger partial charge in [-0.1, -0.05) is 12.1 Å². The highest BCUT2D eigenvalue weighted by Gasteiger charge is 2.20. The Labute approximate surface area is 112 Å². The van der Waals surface area contributed by atoms with E-state index in [2.05, 4.69) is 20.9 Å². The molecule has 0 saturated carbocycles. The molecule has 1 aliphatic heterocycles. The van der Waals surface area contributed by atoms with Crippen LogP contribution < -0.4 is 5.43 Å². The van der Waals surface area contributed by atoms with Crippen LogP contribution in [-0.4, -0.2) is 4.98 Å². The van der Waals surface area contributed by atoms with Crippen molar-refractivity contribution in [1.82, 2.24) is 4.98 Å². The molecular formula is C14H10BrNO2. The maximum atomic E-state index is 12.0. The predicted octanol–water partition coefficient (Wildman–Crippen LogP) is 3.67. The van der Waals surface area contributed by atoms with Gasteiger partial charge >= 0.3 is 0 Å². The number of rotatable bonds is 0. The van der Waals surface area contributed by atoms with Gasteiger partial charge in [-0.25, -0.2) is 4.98 Å². The summed E-state index contributed by atoms with van der Waals surface area (Å²) < 4.78 is 6.23. The minimum Gasteiger partial charge on any atom is -0.451 e. The average molecular weight is 304 g/mol. The Morgan fingerprint density at radius 1 is 1.17 bits per heavy atom. The van der Waals surface area contributed by atoms with Gasteiger partial charge in [0.15, 0.2) is 16.8 Å². The molecule has 0 unspecified atom stereocenters. The molecule has 0 N–H and O–H groups in total. The van der Waals surface area contributed by atoms with E-state index in [-0.39, 0.29) is 5.43 Å². The van der Waals surface area contributed by atoms with Gasteiger partial charge in [0.2, 0.25) is 0 Å². The van der Waals surface area contributed by atoms with Crippen LogP contribution in [0.2, 0.25) is 0 Å². The van der Waals surface area contributed by atoms with Gasteiger partial charge in [-0.15, -0.1) is 0 Å². The normalized spacial score (nSPS) is 11.3. The minimum absolute atomic E-state index is 0.0409. The van der Waals surface area contributed by atoms with Crippen molar-refractivity contribution in [3.8, 4) is 11.5 Å². The number of hydrogen-bond donors (Lipinski definition) is 0. The third kappa shape index (κ3) is 1.49. The standard InChI is InChI=1S/C14H10BrNO2/c1-7-8(2)13(17)11(15)14-12(7)16-9-5-3-4-6-10(9)18-14/h3-6H,1-2H3. The number of hydrogen-bond acceptors (Lipinski definition) is 3. The zero-order valence-corrected chi connectivity index (χ0v) is 11.5. The van der Waals surface area contributed by atoms with Gasteiger partial charge < -0.3 is 4.42 Å². The largest absolute Gasteiger partial charge is 0.451 e. The molecule has 0 atom stereocenters. The van der Waals surface area contributed by atoms with Gasteiger partial charge in [0.1, 0.15) is 15.7 Å². The molecule has 1 heterocycles. The lowest BCUT2D eigenvalue weighted by Crippen LogP contribution is -2.12. The summed E-state index contributed by atoms with van der Waals surface area (Å²) in [5, 5.41) is 0. The van der Waals surface area contributed by atoms with Gasteiger partial charge in [-0.05, 0) is 47.5 Å². The Hall–Kier alpha value is -1.68. The minimum atomic E-state index is -0.0409. The van der Waals surface area contributed by atoms with E-state index in [1.54, 1.807) is 6.92 Å². The molecule has 90 valence electrons. The Bertz CT molecular complexity index is 792. The molecule has 2 aliphatic rings. The van der Waals surface area contributed by atoms with Crippen LogP contribution in [0.15, 0.2) is 37.9 Å². The molecule has 0 bridgehead atoms. The fourth-order valence-corrected chi connectivity index (χ4v) is 2.55. The SMILES string of the molecule is Cc1c2nc3ccccc3oc-2c(Br)c(=O)c1C. The summed E-state index contributed by atoms with van der Waals surface area (Å²) in [5.41, 5.74) is 3.73. The fourth-order valence-electron chi connectivity index (χ4n) is 1.98. The molecule has 3 rings (SSSR count). The van der Waals surface area contributed by atoms with Crippen LogP contribution in [-0.2, 0) is 0 Å². The van der Waals surface area contributed by atoms with E-state index in [4.69, 9.17) is 4.42 Å². The van der Waals surface area contributed by atoms with Crippen molar-refractivity contribution in [2.24, 2.45) is 0 Å². The number of aromatic nitrogens is 1. The summed E-state index contributed by atoms with van der Waals surface area (Å²) >= 11 is 3.31. The highest BCUT2D eigenvalue weighted by Crippen LogP contribution is 2.32. The van der Waals surface area contributed by atoms with Gasteiger partial charge in [0, 0.05) is 5.56 Å². The molecular weight excluding hydrogens is 294 g/mol. The van der Waals surface area contributed by atoms with Gasteiger partial charge in [0.05, 0.1) is 0 Å². The van der Waals surface area contributed by atoms with Gasteiger partial charge in [0.25, 0.3) is 0 Å². The third-order valence-corrected chi connectivity index (χ3v) is 3.90. The first-order valence-electron chi connectivity index (χ1n) is 5.58. The van der Waals surface area contributed by atoms with E-state index >= 15 is 0 Å². The second-order valence-electron chi connectivity index (χ2n) is 4.25. The van der Waals surface area contributed by atoms with E-state index in [1.807, 2.05) is 31.2 Å².